The minimum Gasteiger partial charge on any atom is -0.316 e. The van der Waals surface area contributed by atoms with Crippen molar-refractivity contribution in [1.82, 2.24) is 5.32 Å². The number of hydrogen-bond acceptors (Lipinski definition) is 1. The number of nitrogens with one attached hydrogen (secondary N) is 1. The molecule has 1 nitrogen and oxygen atoms in total. The molecule has 1 atom stereocenters. The molecule has 0 radical (unpaired) electrons. The quantitative estimate of drug-likeness (QED) is 0.626. The van der Waals surface area contributed by atoms with E-state index in [9.17, 15) is 0 Å². The van der Waals surface area contributed by atoms with Gasteiger partial charge in [0.1, 0.15) is 0 Å². The lowest BCUT2D eigenvalue weighted by Gasteiger charge is -2.37. The van der Waals surface area contributed by atoms with Crippen LogP contribution < -0.4 is 5.32 Å². The van der Waals surface area contributed by atoms with E-state index in [2.05, 4.69) is 39.9 Å². The van der Waals surface area contributed by atoms with E-state index in [1.165, 1.54) is 32.2 Å². The summed E-state index contributed by atoms with van der Waals surface area (Å²) in [6.45, 7) is 13.9. The molecule has 0 saturated carbocycles. The molecule has 1 N–H and O–H groups in total. The average Bonchev–Trinajstić information content (AvgIpc) is 2.18. The van der Waals surface area contributed by atoms with E-state index in [1.54, 1.807) is 0 Å². The summed E-state index contributed by atoms with van der Waals surface area (Å²) >= 11 is 0. The highest BCUT2D eigenvalue weighted by Gasteiger charge is 2.30. The smallest absolute Gasteiger partial charge is 0.00100 e. The van der Waals surface area contributed by atoms with Gasteiger partial charge in [-0.25, -0.2) is 0 Å². The highest BCUT2D eigenvalue weighted by Crippen LogP contribution is 2.36. The van der Waals surface area contributed by atoms with E-state index in [4.69, 9.17) is 0 Å². The summed E-state index contributed by atoms with van der Waals surface area (Å²) in [5, 5.41) is 3.53. The summed E-state index contributed by atoms with van der Waals surface area (Å²) in [5.41, 5.74) is 0.534. The normalized spacial score (nSPS) is 15.9. The third-order valence-corrected chi connectivity index (χ3v) is 3.68. The summed E-state index contributed by atoms with van der Waals surface area (Å²) in [5.74, 6) is 0.790. The molecule has 86 valence electrons. The molecule has 0 aromatic rings. The summed E-state index contributed by atoms with van der Waals surface area (Å²) in [7, 11) is 0. The molecule has 0 bridgehead atoms. The Morgan fingerprint density at radius 1 is 1.14 bits per heavy atom. The van der Waals surface area contributed by atoms with Crippen LogP contribution in [0, 0.1) is 11.3 Å². The van der Waals surface area contributed by atoms with Crippen molar-refractivity contribution in [3.8, 4) is 0 Å². The monoisotopic (exact) mass is 199 g/mol. The van der Waals surface area contributed by atoms with Crippen molar-refractivity contribution in [2.75, 3.05) is 13.1 Å². The van der Waals surface area contributed by atoms with Crippen molar-refractivity contribution >= 4 is 0 Å². The van der Waals surface area contributed by atoms with Crippen LogP contribution in [-0.4, -0.2) is 13.1 Å². The number of rotatable bonds is 8. The predicted octanol–water partition coefficient (Wildman–Crippen LogP) is 3.84. The molecule has 0 aromatic heterocycles. The van der Waals surface area contributed by atoms with Crippen LogP contribution in [0.1, 0.15) is 60.3 Å². The van der Waals surface area contributed by atoms with Crippen LogP contribution in [0.4, 0.5) is 0 Å². The van der Waals surface area contributed by atoms with Gasteiger partial charge in [-0.15, -0.1) is 0 Å². The van der Waals surface area contributed by atoms with E-state index in [0.717, 1.165) is 12.5 Å². The van der Waals surface area contributed by atoms with E-state index in [0.29, 0.717) is 5.41 Å². The maximum atomic E-state index is 3.53. The zero-order valence-electron chi connectivity index (χ0n) is 10.8. The molecule has 0 fully saturated rings. The SMILES string of the molecule is CCCCC(CC)(CNCC)C(C)C. The Morgan fingerprint density at radius 2 is 1.79 bits per heavy atom. The fourth-order valence-electron chi connectivity index (χ4n) is 2.19. The first-order valence-electron chi connectivity index (χ1n) is 6.33. The van der Waals surface area contributed by atoms with Crippen LogP contribution in [0.15, 0.2) is 0 Å². The Balaban J connectivity index is 4.27. The summed E-state index contributed by atoms with van der Waals surface area (Å²) in [6, 6.07) is 0. The molecule has 0 aliphatic carbocycles. The summed E-state index contributed by atoms with van der Waals surface area (Å²) < 4.78 is 0. The Kier molecular flexibility index (Phi) is 7.26. The molecule has 1 unspecified atom stereocenters. The average molecular weight is 199 g/mol. The predicted molar refractivity (Wildman–Crippen MR) is 65.6 cm³/mol. The molecule has 1 heteroatoms. The molecule has 0 amide bonds. The lowest BCUT2D eigenvalue weighted by atomic mass is 9.71. The second-order valence-corrected chi connectivity index (χ2v) is 4.75. The molecule has 0 aliphatic rings. The molecule has 0 saturated heterocycles. The van der Waals surface area contributed by atoms with Gasteiger partial charge >= 0.3 is 0 Å². The highest BCUT2D eigenvalue weighted by atomic mass is 14.9. The van der Waals surface area contributed by atoms with E-state index in [-0.39, 0.29) is 0 Å². The third-order valence-electron chi connectivity index (χ3n) is 3.68. The highest BCUT2D eigenvalue weighted by molar-refractivity contribution is 4.83. The number of unbranched alkanes of at least 4 members (excludes halogenated alkanes) is 1. The van der Waals surface area contributed by atoms with E-state index < -0.39 is 0 Å². The van der Waals surface area contributed by atoms with Gasteiger partial charge in [-0.2, -0.15) is 0 Å². The standard InChI is InChI=1S/C13H29N/c1-6-9-10-13(7-2,12(4)5)11-14-8-3/h12,14H,6-11H2,1-5H3. The molecule has 0 heterocycles. The molecular formula is C13H29N. The second-order valence-electron chi connectivity index (χ2n) is 4.75. The van der Waals surface area contributed by atoms with Gasteiger partial charge in [-0.1, -0.05) is 47.5 Å². The van der Waals surface area contributed by atoms with Gasteiger partial charge in [-0.05, 0) is 30.7 Å². The second kappa shape index (κ2) is 7.28. The molecule has 0 aromatic carbocycles. The van der Waals surface area contributed by atoms with Crippen LogP contribution >= 0.6 is 0 Å². The maximum Gasteiger partial charge on any atom is 0.00100 e. The summed E-state index contributed by atoms with van der Waals surface area (Å²) in [4.78, 5) is 0. The van der Waals surface area contributed by atoms with Crippen molar-refractivity contribution in [2.24, 2.45) is 11.3 Å². The first kappa shape index (κ1) is 14.0. The van der Waals surface area contributed by atoms with E-state index >= 15 is 0 Å². The summed E-state index contributed by atoms with van der Waals surface area (Å²) in [6.07, 6.45) is 5.38. The van der Waals surface area contributed by atoms with Crippen LogP contribution in [0.2, 0.25) is 0 Å². The third kappa shape index (κ3) is 4.00. The molecule has 0 rings (SSSR count). The molecule has 0 aliphatic heterocycles. The lowest BCUT2D eigenvalue weighted by molar-refractivity contribution is 0.153. The Labute approximate surface area is 90.7 Å². The van der Waals surface area contributed by atoms with Crippen molar-refractivity contribution in [3.63, 3.8) is 0 Å². The van der Waals surface area contributed by atoms with Crippen LogP contribution in [0.25, 0.3) is 0 Å². The van der Waals surface area contributed by atoms with Gasteiger partial charge in [0, 0.05) is 6.54 Å². The fraction of sp³-hybridized carbons (Fsp3) is 1.00. The minimum atomic E-state index is 0.534. The van der Waals surface area contributed by atoms with Gasteiger partial charge < -0.3 is 5.32 Å². The lowest BCUT2D eigenvalue weighted by Crippen LogP contribution is -2.38. The van der Waals surface area contributed by atoms with Crippen molar-refractivity contribution < 1.29 is 0 Å². The largest absolute Gasteiger partial charge is 0.316 e. The maximum absolute atomic E-state index is 3.53. The van der Waals surface area contributed by atoms with Gasteiger partial charge in [-0.3, -0.25) is 0 Å². The fourth-order valence-corrected chi connectivity index (χ4v) is 2.19. The van der Waals surface area contributed by atoms with Crippen LogP contribution in [0.3, 0.4) is 0 Å². The first-order chi connectivity index (χ1) is 6.63. The Hall–Kier alpha value is -0.0400. The van der Waals surface area contributed by atoms with Crippen LogP contribution in [-0.2, 0) is 0 Å². The number of hydrogen-bond donors (Lipinski definition) is 1. The Morgan fingerprint density at radius 3 is 2.14 bits per heavy atom. The van der Waals surface area contributed by atoms with Crippen molar-refractivity contribution in [1.29, 1.82) is 0 Å². The first-order valence-corrected chi connectivity index (χ1v) is 6.33. The zero-order valence-corrected chi connectivity index (χ0v) is 10.8. The van der Waals surface area contributed by atoms with Gasteiger partial charge in [0.2, 0.25) is 0 Å². The molecular weight excluding hydrogens is 170 g/mol. The van der Waals surface area contributed by atoms with Gasteiger partial charge in [0.25, 0.3) is 0 Å². The van der Waals surface area contributed by atoms with Gasteiger partial charge in [0.15, 0.2) is 0 Å². The van der Waals surface area contributed by atoms with Crippen molar-refractivity contribution in [2.45, 2.75) is 60.3 Å². The van der Waals surface area contributed by atoms with Crippen molar-refractivity contribution in [3.05, 3.63) is 0 Å². The van der Waals surface area contributed by atoms with E-state index in [1.807, 2.05) is 0 Å². The molecule has 14 heavy (non-hydrogen) atoms. The Bertz CT molecular complexity index is 121. The topological polar surface area (TPSA) is 12.0 Å². The zero-order chi connectivity index (χ0) is 11.0. The molecule has 0 spiro atoms. The van der Waals surface area contributed by atoms with Gasteiger partial charge in [0.05, 0.1) is 0 Å². The van der Waals surface area contributed by atoms with Crippen LogP contribution in [0.5, 0.6) is 0 Å². The minimum absolute atomic E-state index is 0.534.